The number of nitrogens with one attached hydrogen (secondary N) is 1. The van der Waals surface area contributed by atoms with Crippen LogP contribution >= 0.6 is 0 Å². The highest BCUT2D eigenvalue weighted by molar-refractivity contribution is 5.74. The molecule has 21 heavy (non-hydrogen) atoms. The van der Waals surface area contributed by atoms with Gasteiger partial charge in [0, 0.05) is 13.1 Å². The van der Waals surface area contributed by atoms with Crippen LogP contribution in [0, 0.1) is 0 Å². The maximum absolute atomic E-state index is 12.4. The molecule has 3 nitrogen and oxygen atoms in total. The van der Waals surface area contributed by atoms with Gasteiger partial charge in [-0.05, 0) is 25.0 Å². The summed E-state index contributed by atoms with van der Waals surface area (Å²) in [5, 5.41) is 3.05. The lowest BCUT2D eigenvalue weighted by Crippen LogP contribution is -2.40. The Kier molecular flexibility index (Phi) is 5.38. The first-order chi connectivity index (χ1) is 10.2. The molecule has 1 atom stereocenters. The lowest BCUT2D eigenvalue weighted by molar-refractivity contribution is 0.195. The Hall–Kier alpha value is -2.29. The first-order valence-corrected chi connectivity index (χ1v) is 7.35. The number of hydrogen-bond donors (Lipinski definition) is 1. The molecule has 2 aromatic carbocycles. The number of hydrogen-bond acceptors (Lipinski definition) is 1. The second kappa shape index (κ2) is 7.48. The maximum atomic E-state index is 12.4. The number of carbonyl (C=O) groups excluding carboxylic acids is 1. The zero-order valence-corrected chi connectivity index (χ0v) is 12.6. The molecule has 0 heterocycles. The fourth-order valence-corrected chi connectivity index (χ4v) is 2.23. The van der Waals surface area contributed by atoms with E-state index in [-0.39, 0.29) is 12.1 Å². The Morgan fingerprint density at radius 2 is 1.62 bits per heavy atom. The second-order valence-corrected chi connectivity index (χ2v) is 5.08. The first-order valence-electron chi connectivity index (χ1n) is 7.35. The number of benzene rings is 2. The SMILES string of the molecule is CCN(Cc1ccccc1)C(=O)NC(C)c1ccccc1. The molecule has 0 saturated heterocycles. The molecule has 0 radical (unpaired) electrons. The number of nitrogens with zero attached hydrogens (tertiary/aromatic N) is 1. The molecule has 0 aliphatic rings. The van der Waals surface area contributed by atoms with Gasteiger partial charge in [-0.2, -0.15) is 0 Å². The first kappa shape index (κ1) is 15.1. The van der Waals surface area contributed by atoms with Crippen LogP contribution in [0.5, 0.6) is 0 Å². The molecule has 0 aliphatic heterocycles. The molecule has 2 aromatic rings. The normalized spacial score (nSPS) is 11.7. The highest BCUT2D eigenvalue weighted by atomic mass is 16.2. The third-order valence-electron chi connectivity index (χ3n) is 3.52. The smallest absolute Gasteiger partial charge is 0.318 e. The van der Waals surface area contributed by atoms with Crippen LogP contribution in [-0.4, -0.2) is 17.5 Å². The van der Waals surface area contributed by atoms with E-state index in [1.165, 1.54) is 0 Å². The topological polar surface area (TPSA) is 32.3 Å². The van der Waals surface area contributed by atoms with E-state index in [4.69, 9.17) is 0 Å². The third-order valence-corrected chi connectivity index (χ3v) is 3.52. The summed E-state index contributed by atoms with van der Waals surface area (Å²) in [6, 6.07) is 20.0. The highest BCUT2D eigenvalue weighted by Crippen LogP contribution is 2.12. The van der Waals surface area contributed by atoms with Crippen molar-refractivity contribution in [3.05, 3.63) is 71.8 Å². The van der Waals surface area contributed by atoms with Crippen LogP contribution in [-0.2, 0) is 6.54 Å². The number of rotatable bonds is 5. The lowest BCUT2D eigenvalue weighted by atomic mass is 10.1. The molecule has 0 spiro atoms. The average Bonchev–Trinajstić information content (AvgIpc) is 2.54. The van der Waals surface area contributed by atoms with Gasteiger partial charge in [0.2, 0.25) is 0 Å². The van der Waals surface area contributed by atoms with Crippen LogP contribution in [0.1, 0.15) is 31.0 Å². The second-order valence-electron chi connectivity index (χ2n) is 5.08. The van der Waals surface area contributed by atoms with Gasteiger partial charge in [0.1, 0.15) is 0 Å². The molecule has 0 aromatic heterocycles. The van der Waals surface area contributed by atoms with E-state index in [9.17, 15) is 4.79 Å². The van der Waals surface area contributed by atoms with E-state index in [1.807, 2.05) is 79.4 Å². The summed E-state index contributed by atoms with van der Waals surface area (Å²) < 4.78 is 0. The third kappa shape index (κ3) is 4.35. The molecule has 0 saturated carbocycles. The van der Waals surface area contributed by atoms with Crippen molar-refractivity contribution in [1.29, 1.82) is 0 Å². The van der Waals surface area contributed by atoms with E-state index in [2.05, 4.69) is 5.32 Å². The van der Waals surface area contributed by atoms with Crippen molar-refractivity contribution in [2.24, 2.45) is 0 Å². The van der Waals surface area contributed by atoms with Crippen LogP contribution in [0.15, 0.2) is 60.7 Å². The van der Waals surface area contributed by atoms with Crippen molar-refractivity contribution >= 4 is 6.03 Å². The minimum absolute atomic E-state index is 0.00326. The summed E-state index contributed by atoms with van der Waals surface area (Å²) >= 11 is 0. The summed E-state index contributed by atoms with van der Waals surface area (Å²) in [7, 11) is 0. The molecule has 2 rings (SSSR count). The van der Waals surface area contributed by atoms with Gasteiger partial charge >= 0.3 is 6.03 Å². The van der Waals surface area contributed by atoms with Crippen LogP contribution in [0.3, 0.4) is 0 Å². The number of carbonyl (C=O) groups is 1. The van der Waals surface area contributed by atoms with E-state index < -0.39 is 0 Å². The van der Waals surface area contributed by atoms with Gasteiger partial charge in [-0.15, -0.1) is 0 Å². The summed E-state index contributed by atoms with van der Waals surface area (Å²) in [5.74, 6) is 0. The monoisotopic (exact) mass is 282 g/mol. The van der Waals surface area contributed by atoms with Crippen LogP contribution in [0.2, 0.25) is 0 Å². The molecule has 3 heteroatoms. The predicted molar refractivity (Wildman–Crippen MR) is 85.9 cm³/mol. The molecule has 1 unspecified atom stereocenters. The molecule has 2 amide bonds. The molecule has 0 aliphatic carbocycles. The zero-order valence-electron chi connectivity index (χ0n) is 12.6. The van der Waals surface area contributed by atoms with Crippen molar-refractivity contribution in [2.45, 2.75) is 26.4 Å². The van der Waals surface area contributed by atoms with E-state index >= 15 is 0 Å². The van der Waals surface area contributed by atoms with Gasteiger partial charge in [0.25, 0.3) is 0 Å². The van der Waals surface area contributed by atoms with Gasteiger partial charge in [-0.1, -0.05) is 60.7 Å². The predicted octanol–water partition coefficient (Wildman–Crippen LogP) is 3.98. The molecule has 0 fully saturated rings. The molecular weight excluding hydrogens is 260 g/mol. The Morgan fingerprint density at radius 1 is 1.05 bits per heavy atom. The zero-order chi connectivity index (χ0) is 15.1. The standard InChI is InChI=1S/C18H22N2O/c1-3-20(14-16-10-6-4-7-11-16)18(21)19-15(2)17-12-8-5-9-13-17/h4-13,15H,3,14H2,1-2H3,(H,19,21). The van der Waals surface area contributed by atoms with E-state index in [0.29, 0.717) is 13.1 Å². The van der Waals surface area contributed by atoms with Crippen LogP contribution in [0.25, 0.3) is 0 Å². The van der Waals surface area contributed by atoms with Crippen LogP contribution < -0.4 is 5.32 Å². The van der Waals surface area contributed by atoms with E-state index in [0.717, 1.165) is 11.1 Å². The van der Waals surface area contributed by atoms with Crippen molar-refractivity contribution in [2.75, 3.05) is 6.54 Å². The van der Waals surface area contributed by atoms with Crippen molar-refractivity contribution in [3.8, 4) is 0 Å². The van der Waals surface area contributed by atoms with E-state index in [1.54, 1.807) is 0 Å². The summed E-state index contributed by atoms with van der Waals surface area (Å²) in [5.41, 5.74) is 2.25. The van der Waals surface area contributed by atoms with Gasteiger partial charge in [-0.25, -0.2) is 4.79 Å². The minimum atomic E-state index is -0.0299. The maximum Gasteiger partial charge on any atom is 0.318 e. The van der Waals surface area contributed by atoms with Gasteiger partial charge in [-0.3, -0.25) is 0 Å². The Labute approximate surface area is 126 Å². The summed E-state index contributed by atoms with van der Waals surface area (Å²) in [6.07, 6.45) is 0. The quantitative estimate of drug-likeness (QED) is 0.884. The van der Waals surface area contributed by atoms with Crippen molar-refractivity contribution in [1.82, 2.24) is 10.2 Å². The van der Waals surface area contributed by atoms with Crippen molar-refractivity contribution < 1.29 is 4.79 Å². The summed E-state index contributed by atoms with van der Waals surface area (Å²) in [4.78, 5) is 14.2. The largest absolute Gasteiger partial charge is 0.331 e. The fraction of sp³-hybridized carbons (Fsp3) is 0.278. The minimum Gasteiger partial charge on any atom is -0.331 e. The molecule has 110 valence electrons. The molecule has 1 N–H and O–H groups in total. The highest BCUT2D eigenvalue weighted by Gasteiger charge is 2.15. The van der Waals surface area contributed by atoms with Gasteiger partial charge < -0.3 is 10.2 Å². The van der Waals surface area contributed by atoms with Gasteiger partial charge in [0.05, 0.1) is 6.04 Å². The Bertz CT molecular complexity index is 554. The Balaban J connectivity index is 1.97. The number of urea groups is 1. The van der Waals surface area contributed by atoms with Crippen molar-refractivity contribution in [3.63, 3.8) is 0 Å². The van der Waals surface area contributed by atoms with Gasteiger partial charge in [0.15, 0.2) is 0 Å². The summed E-state index contributed by atoms with van der Waals surface area (Å²) in [6.45, 7) is 5.31. The molecular formula is C18H22N2O. The fourth-order valence-electron chi connectivity index (χ4n) is 2.23. The van der Waals surface area contributed by atoms with Crippen LogP contribution in [0.4, 0.5) is 4.79 Å². The number of amides is 2. The average molecular weight is 282 g/mol. The Morgan fingerprint density at radius 3 is 2.19 bits per heavy atom. The lowest BCUT2D eigenvalue weighted by Gasteiger charge is -2.24. The molecule has 0 bridgehead atoms.